The molecular formula is C16H27N3O3. The van der Waals surface area contributed by atoms with Crippen LogP contribution >= 0.6 is 0 Å². The van der Waals surface area contributed by atoms with Gasteiger partial charge in [0.1, 0.15) is 6.10 Å². The lowest BCUT2D eigenvalue weighted by molar-refractivity contribution is -0.246. The van der Waals surface area contributed by atoms with Crippen molar-refractivity contribution in [2.24, 2.45) is 0 Å². The average Bonchev–Trinajstić information content (AvgIpc) is 3.00. The summed E-state index contributed by atoms with van der Waals surface area (Å²) in [5, 5.41) is 25.0. The Morgan fingerprint density at radius 1 is 1.27 bits per heavy atom. The lowest BCUT2D eigenvalue weighted by Crippen LogP contribution is -2.64. The van der Waals surface area contributed by atoms with E-state index >= 15 is 0 Å². The molecule has 0 amide bonds. The zero-order valence-electron chi connectivity index (χ0n) is 13.3. The first-order valence-corrected chi connectivity index (χ1v) is 8.26. The number of hydrogen-bond donors (Lipinski definition) is 2. The lowest BCUT2D eigenvalue weighted by atomic mass is 9.75. The second-order valence-electron chi connectivity index (χ2n) is 6.89. The van der Waals surface area contributed by atoms with E-state index in [0.717, 1.165) is 45.4 Å². The van der Waals surface area contributed by atoms with Crippen LogP contribution in [0.4, 0.5) is 0 Å². The molecule has 1 spiro atoms. The Hall–Kier alpha value is -0.950. The first-order valence-electron chi connectivity index (χ1n) is 8.26. The molecule has 2 saturated heterocycles. The van der Waals surface area contributed by atoms with Crippen LogP contribution in [0.3, 0.4) is 0 Å². The second kappa shape index (κ2) is 6.28. The number of nitrogens with zero attached hydrogens (tertiary/aromatic N) is 3. The Morgan fingerprint density at radius 3 is 2.73 bits per heavy atom. The Bertz CT molecular complexity index is 467. The Morgan fingerprint density at radius 2 is 2.05 bits per heavy atom. The van der Waals surface area contributed by atoms with Gasteiger partial charge in [0.05, 0.1) is 17.8 Å². The minimum atomic E-state index is -1.03. The van der Waals surface area contributed by atoms with Gasteiger partial charge in [0, 0.05) is 38.4 Å². The summed E-state index contributed by atoms with van der Waals surface area (Å²) in [6.07, 6.45) is 6.13. The monoisotopic (exact) mass is 309 g/mol. The quantitative estimate of drug-likeness (QED) is 0.854. The first kappa shape index (κ1) is 15.9. The Labute approximate surface area is 131 Å². The van der Waals surface area contributed by atoms with E-state index in [1.54, 1.807) is 13.1 Å². The molecule has 0 aliphatic carbocycles. The normalized spacial score (nSPS) is 32.4. The number of aliphatic hydroxyl groups is 2. The van der Waals surface area contributed by atoms with Crippen LogP contribution in [-0.2, 0) is 11.3 Å². The van der Waals surface area contributed by atoms with Crippen LogP contribution < -0.4 is 0 Å². The smallest absolute Gasteiger partial charge is 0.111 e. The maximum atomic E-state index is 10.5. The van der Waals surface area contributed by atoms with Gasteiger partial charge in [-0.1, -0.05) is 0 Å². The van der Waals surface area contributed by atoms with E-state index in [1.807, 2.05) is 16.9 Å². The van der Waals surface area contributed by atoms with Crippen LogP contribution in [0.5, 0.6) is 0 Å². The van der Waals surface area contributed by atoms with Crippen molar-refractivity contribution in [2.75, 3.05) is 26.2 Å². The molecule has 2 aliphatic heterocycles. The molecule has 0 saturated carbocycles. The van der Waals surface area contributed by atoms with E-state index in [-0.39, 0.29) is 0 Å². The van der Waals surface area contributed by atoms with E-state index in [9.17, 15) is 10.2 Å². The number of piperidine rings is 1. The third-order valence-corrected chi connectivity index (χ3v) is 5.21. The summed E-state index contributed by atoms with van der Waals surface area (Å²) in [6.45, 7) is 6.03. The zero-order valence-corrected chi connectivity index (χ0v) is 13.3. The van der Waals surface area contributed by atoms with Gasteiger partial charge < -0.3 is 19.8 Å². The third kappa shape index (κ3) is 3.20. The van der Waals surface area contributed by atoms with Crippen LogP contribution in [0.15, 0.2) is 18.5 Å². The molecule has 2 fully saturated rings. The highest BCUT2D eigenvalue weighted by Gasteiger charge is 2.52. The number of rotatable bonds is 4. The molecular weight excluding hydrogens is 282 g/mol. The number of likely N-dealkylation sites (tertiary alicyclic amines) is 1. The summed E-state index contributed by atoms with van der Waals surface area (Å²) in [7, 11) is 0. The van der Waals surface area contributed by atoms with Gasteiger partial charge in [0.15, 0.2) is 0 Å². The van der Waals surface area contributed by atoms with Crippen molar-refractivity contribution in [3.05, 3.63) is 18.5 Å². The molecule has 124 valence electrons. The number of aliphatic hydroxyl groups excluding tert-OH is 1. The minimum Gasteiger partial charge on any atom is -0.387 e. The zero-order chi connectivity index (χ0) is 15.6. The summed E-state index contributed by atoms with van der Waals surface area (Å²) in [5.41, 5.74) is -1.58. The van der Waals surface area contributed by atoms with Crippen LogP contribution in [0.1, 0.15) is 32.6 Å². The van der Waals surface area contributed by atoms with Gasteiger partial charge in [-0.05, 0) is 38.8 Å². The summed E-state index contributed by atoms with van der Waals surface area (Å²) in [4.78, 5) is 2.41. The predicted molar refractivity (Wildman–Crippen MR) is 82.4 cm³/mol. The van der Waals surface area contributed by atoms with Crippen molar-refractivity contribution in [1.82, 2.24) is 14.7 Å². The number of hydrogen-bond acceptors (Lipinski definition) is 5. The van der Waals surface area contributed by atoms with Crippen molar-refractivity contribution >= 4 is 0 Å². The van der Waals surface area contributed by atoms with E-state index in [0.29, 0.717) is 13.0 Å². The second-order valence-corrected chi connectivity index (χ2v) is 6.89. The molecule has 0 unspecified atom stereocenters. The summed E-state index contributed by atoms with van der Waals surface area (Å²) < 4.78 is 7.87. The molecule has 22 heavy (non-hydrogen) atoms. The molecule has 0 aromatic carbocycles. The first-order chi connectivity index (χ1) is 10.5. The molecule has 1 aromatic rings. The maximum Gasteiger partial charge on any atom is 0.111 e. The molecule has 6 nitrogen and oxygen atoms in total. The van der Waals surface area contributed by atoms with Gasteiger partial charge in [-0.2, -0.15) is 5.10 Å². The summed E-state index contributed by atoms with van der Waals surface area (Å²) >= 11 is 0. The van der Waals surface area contributed by atoms with E-state index < -0.39 is 17.3 Å². The highest BCUT2D eigenvalue weighted by atomic mass is 16.5. The number of aryl methyl sites for hydroxylation is 1. The molecule has 2 aliphatic rings. The molecule has 3 rings (SSSR count). The van der Waals surface area contributed by atoms with Crippen LogP contribution in [-0.4, -0.2) is 68.4 Å². The molecule has 2 atom stereocenters. The van der Waals surface area contributed by atoms with Crippen molar-refractivity contribution < 1.29 is 14.9 Å². The standard InChI is InChI=1S/C16H27N3O3/c1-15(21)6-13-22-16(14(15)20)4-11-18(12-5-16)8-3-10-19-9-2-7-17-19/h2,7,9,14,20-21H,3-6,8,10-13H2,1H3/t14-,15+/m0/s1. The third-order valence-electron chi connectivity index (χ3n) is 5.21. The Balaban J connectivity index is 1.47. The molecule has 1 aromatic heterocycles. The van der Waals surface area contributed by atoms with Crippen molar-refractivity contribution in [3.63, 3.8) is 0 Å². The van der Waals surface area contributed by atoms with Gasteiger partial charge in [-0.3, -0.25) is 4.68 Å². The van der Waals surface area contributed by atoms with Crippen molar-refractivity contribution in [1.29, 1.82) is 0 Å². The van der Waals surface area contributed by atoms with Gasteiger partial charge in [0.2, 0.25) is 0 Å². The topological polar surface area (TPSA) is 70.8 Å². The van der Waals surface area contributed by atoms with E-state index in [2.05, 4.69) is 10.00 Å². The van der Waals surface area contributed by atoms with E-state index in [1.165, 1.54) is 0 Å². The summed E-state index contributed by atoms with van der Waals surface area (Å²) in [6, 6.07) is 1.94. The average molecular weight is 309 g/mol. The van der Waals surface area contributed by atoms with Gasteiger partial charge in [-0.25, -0.2) is 0 Å². The van der Waals surface area contributed by atoms with Crippen LogP contribution in [0.2, 0.25) is 0 Å². The largest absolute Gasteiger partial charge is 0.387 e. The highest BCUT2D eigenvalue weighted by Crippen LogP contribution is 2.39. The predicted octanol–water partition coefficient (Wildman–Crippen LogP) is 0.640. The fraction of sp³-hybridized carbons (Fsp3) is 0.812. The molecule has 2 N–H and O–H groups in total. The molecule has 3 heterocycles. The Kier molecular flexibility index (Phi) is 4.54. The minimum absolute atomic E-state index is 0.503. The summed E-state index contributed by atoms with van der Waals surface area (Å²) in [5.74, 6) is 0. The highest BCUT2D eigenvalue weighted by molar-refractivity contribution is 5.03. The van der Waals surface area contributed by atoms with Crippen molar-refractivity contribution in [2.45, 2.75) is 56.5 Å². The van der Waals surface area contributed by atoms with Gasteiger partial charge in [-0.15, -0.1) is 0 Å². The fourth-order valence-corrected chi connectivity index (χ4v) is 3.71. The van der Waals surface area contributed by atoms with E-state index in [4.69, 9.17) is 4.74 Å². The SMILES string of the molecule is C[C@@]1(O)CCOC2(CCN(CCCn3cccn3)CC2)[C@H]1O. The molecule has 6 heteroatoms. The fourth-order valence-electron chi connectivity index (χ4n) is 3.71. The van der Waals surface area contributed by atoms with Crippen LogP contribution in [0.25, 0.3) is 0 Å². The number of aromatic nitrogens is 2. The molecule has 0 bridgehead atoms. The van der Waals surface area contributed by atoms with Gasteiger partial charge >= 0.3 is 0 Å². The van der Waals surface area contributed by atoms with Crippen molar-refractivity contribution in [3.8, 4) is 0 Å². The maximum absolute atomic E-state index is 10.5. The van der Waals surface area contributed by atoms with Crippen LogP contribution in [0, 0.1) is 0 Å². The lowest BCUT2D eigenvalue weighted by Gasteiger charge is -2.51. The number of ether oxygens (including phenoxy) is 1. The van der Waals surface area contributed by atoms with Gasteiger partial charge in [0.25, 0.3) is 0 Å². The molecule has 0 radical (unpaired) electrons.